The normalized spacial score (nSPS) is 12.1. The molecule has 0 heterocycles. The molecule has 0 aliphatic heterocycles. The summed E-state index contributed by atoms with van der Waals surface area (Å²) in [5.74, 6) is -0.122. The van der Waals surface area contributed by atoms with Crippen molar-refractivity contribution in [3.05, 3.63) is 35.4 Å². The highest BCUT2D eigenvalue weighted by molar-refractivity contribution is 5.96. The zero-order chi connectivity index (χ0) is 11.3. The van der Waals surface area contributed by atoms with Gasteiger partial charge in [0.15, 0.2) is 5.78 Å². The quantitative estimate of drug-likeness (QED) is 0.546. The number of Topliss-reactive ketones (excluding diaryl/α,β-unsaturated/α-hetero) is 1. The van der Waals surface area contributed by atoms with Gasteiger partial charge in [0.05, 0.1) is 0 Å². The lowest BCUT2D eigenvalue weighted by Gasteiger charge is -2.12. The van der Waals surface area contributed by atoms with Crippen LogP contribution in [0, 0.1) is 0 Å². The molecule has 15 heavy (non-hydrogen) atoms. The van der Waals surface area contributed by atoms with E-state index in [-0.39, 0.29) is 11.7 Å². The molecule has 0 fully saturated rings. The first-order chi connectivity index (χ1) is 7.20. The van der Waals surface area contributed by atoms with Gasteiger partial charge in [-0.15, -0.1) is 0 Å². The van der Waals surface area contributed by atoms with E-state index in [0.717, 1.165) is 24.7 Å². The first-order valence-corrected chi connectivity index (χ1v) is 5.25. The second kappa shape index (κ2) is 5.44. The average molecular weight is 204 g/mol. The van der Waals surface area contributed by atoms with E-state index in [1.807, 2.05) is 25.1 Å². The maximum atomic E-state index is 11.4. The van der Waals surface area contributed by atoms with Gasteiger partial charge in [-0.05, 0) is 18.9 Å². The van der Waals surface area contributed by atoms with Gasteiger partial charge in [0.1, 0.15) is 6.29 Å². The van der Waals surface area contributed by atoms with Gasteiger partial charge < -0.3 is 4.79 Å². The molecule has 2 nitrogen and oxygen atoms in total. The molecule has 0 amide bonds. The van der Waals surface area contributed by atoms with Crippen molar-refractivity contribution in [1.82, 2.24) is 0 Å². The fourth-order valence-corrected chi connectivity index (χ4v) is 1.75. The van der Waals surface area contributed by atoms with Gasteiger partial charge in [-0.2, -0.15) is 0 Å². The smallest absolute Gasteiger partial charge is 0.160 e. The highest BCUT2D eigenvalue weighted by Crippen LogP contribution is 2.23. The van der Waals surface area contributed by atoms with Crippen LogP contribution in [0.1, 0.15) is 48.5 Å². The zero-order valence-electron chi connectivity index (χ0n) is 9.19. The standard InChI is InChI=1S/C13H16O2/c1-3-6-11(9-14)13-8-5-4-7-12(13)10(2)15/h4-5,7-9,11H,3,6H2,1-2H3. The predicted octanol–water partition coefficient (Wildman–Crippen LogP) is 2.97. The summed E-state index contributed by atoms with van der Waals surface area (Å²) in [6, 6.07) is 7.34. The Morgan fingerprint density at radius 1 is 1.40 bits per heavy atom. The lowest BCUT2D eigenvalue weighted by Crippen LogP contribution is -2.06. The Morgan fingerprint density at radius 2 is 2.07 bits per heavy atom. The number of hydrogen-bond acceptors (Lipinski definition) is 2. The Balaban J connectivity index is 3.10. The van der Waals surface area contributed by atoms with Crippen LogP contribution in [0.25, 0.3) is 0 Å². The summed E-state index contributed by atoms with van der Waals surface area (Å²) in [5, 5.41) is 0. The Labute approximate surface area is 90.3 Å². The topological polar surface area (TPSA) is 34.1 Å². The Bertz CT molecular complexity index is 355. The van der Waals surface area contributed by atoms with Crippen LogP contribution in [-0.2, 0) is 4.79 Å². The molecule has 0 aliphatic carbocycles. The van der Waals surface area contributed by atoms with Crippen LogP contribution in [0.2, 0.25) is 0 Å². The van der Waals surface area contributed by atoms with E-state index in [9.17, 15) is 9.59 Å². The summed E-state index contributed by atoms with van der Waals surface area (Å²) in [7, 11) is 0. The molecule has 0 N–H and O–H groups in total. The molecule has 1 unspecified atom stereocenters. The molecule has 80 valence electrons. The van der Waals surface area contributed by atoms with Gasteiger partial charge in [0, 0.05) is 11.5 Å². The third-order valence-electron chi connectivity index (χ3n) is 2.50. The summed E-state index contributed by atoms with van der Waals surface area (Å²) in [6.07, 6.45) is 2.68. The summed E-state index contributed by atoms with van der Waals surface area (Å²) in [4.78, 5) is 22.3. The van der Waals surface area contributed by atoms with E-state index in [2.05, 4.69) is 0 Å². The SMILES string of the molecule is CCCC(C=O)c1ccccc1C(C)=O. The number of carbonyl (C=O) groups excluding carboxylic acids is 2. The second-order valence-corrected chi connectivity index (χ2v) is 3.67. The third-order valence-corrected chi connectivity index (χ3v) is 2.50. The highest BCUT2D eigenvalue weighted by Gasteiger charge is 2.15. The number of hydrogen-bond donors (Lipinski definition) is 0. The van der Waals surface area contributed by atoms with E-state index in [4.69, 9.17) is 0 Å². The number of benzene rings is 1. The Kier molecular flexibility index (Phi) is 4.22. The molecule has 0 aliphatic rings. The number of aldehydes is 1. The van der Waals surface area contributed by atoms with E-state index < -0.39 is 0 Å². The Hall–Kier alpha value is -1.44. The molecule has 0 bridgehead atoms. The van der Waals surface area contributed by atoms with E-state index >= 15 is 0 Å². The van der Waals surface area contributed by atoms with Crippen LogP contribution in [0.3, 0.4) is 0 Å². The second-order valence-electron chi connectivity index (χ2n) is 3.67. The van der Waals surface area contributed by atoms with Crippen LogP contribution in [0.5, 0.6) is 0 Å². The molecule has 0 saturated heterocycles. The molecule has 1 aromatic carbocycles. The highest BCUT2D eigenvalue weighted by atomic mass is 16.1. The molecule has 1 rings (SSSR count). The van der Waals surface area contributed by atoms with Crippen molar-refractivity contribution in [3.63, 3.8) is 0 Å². The van der Waals surface area contributed by atoms with Crippen molar-refractivity contribution in [2.24, 2.45) is 0 Å². The van der Waals surface area contributed by atoms with Gasteiger partial charge in [-0.1, -0.05) is 37.6 Å². The van der Waals surface area contributed by atoms with E-state index in [0.29, 0.717) is 5.56 Å². The number of carbonyl (C=O) groups is 2. The molecule has 1 atom stereocenters. The van der Waals surface area contributed by atoms with Crippen LogP contribution in [0.4, 0.5) is 0 Å². The van der Waals surface area contributed by atoms with Crippen LogP contribution >= 0.6 is 0 Å². The largest absolute Gasteiger partial charge is 0.303 e. The van der Waals surface area contributed by atoms with E-state index in [1.54, 1.807) is 6.07 Å². The van der Waals surface area contributed by atoms with Gasteiger partial charge >= 0.3 is 0 Å². The molecule has 0 spiro atoms. The minimum absolute atomic E-state index is 0.0218. The molecule has 2 heteroatoms. The van der Waals surface area contributed by atoms with Crippen LogP contribution in [0.15, 0.2) is 24.3 Å². The van der Waals surface area contributed by atoms with Gasteiger partial charge in [0.2, 0.25) is 0 Å². The summed E-state index contributed by atoms with van der Waals surface area (Å²) >= 11 is 0. The van der Waals surface area contributed by atoms with Crippen molar-refractivity contribution in [2.75, 3.05) is 0 Å². The number of ketones is 1. The monoisotopic (exact) mass is 204 g/mol. The predicted molar refractivity (Wildman–Crippen MR) is 60.2 cm³/mol. The maximum absolute atomic E-state index is 11.4. The van der Waals surface area contributed by atoms with Gasteiger partial charge in [-0.25, -0.2) is 0 Å². The molecular weight excluding hydrogens is 188 g/mol. The molecular formula is C13H16O2. The lowest BCUT2D eigenvalue weighted by molar-refractivity contribution is -0.109. The first kappa shape index (κ1) is 11.6. The maximum Gasteiger partial charge on any atom is 0.160 e. The first-order valence-electron chi connectivity index (χ1n) is 5.25. The van der Waals surface area contributed by atoms with Gasteiger partial charge in [-0.3, -0.25) is 4.79 Å². The van der Waals surface area contributed by atoms with Crippen molar-refractivity contribution in [3.8, 4) is 0 Å². The van der Waals surface area contributed by atoms with E-state index in [1.165, 1.54) is 6.92 Å². The Morgan fingerprint density at radius 3 is 2.60 bits per heavy atom. The fourth-order valence-electron chi connectivity index (χ4n) is 1.75. The summed E-state index contributed by atoms with van der Waals surface area (Å²) < 4.78 is 0. The molecule has 0 radical (unpaired) electrons. The molecule has 0 saturated carbocycles. The van der Waals surface area contributed by atoms with Crippen molar-refractivity contribution >= 4 is 12.1 Å². The van der Waals surface area contributed by atoms with Crippen molar-refractivity contribution in [1.29, 1.82) is 0 Å². The molecule has 1 aromatic rings. The molecule has 0 aromatic heterocycles. The summed E-state index contributed by atoms with van der Waals surface area (Å²) in [6.45, 7) is 3.57. The average Bonchev–Trinajstić information content (AvgIpc) is 2.26. The summed E-state index contributed by atoms with van der Waals surface area (Å²) in [5.41, 5.74) is 1.53. The van der Waals surface area contributed by atoms with Crippen molar-refractivity contribution in [2.45, 2.75) is 32.6 Å². The van der Waals surface area contributed by atoms with Crippen LogP contribution < -0.4 is 0 Å². The minimum atomic E-state index is -0.143. The number of rotatable bonds is 5. The van der Waals surface area contributed by atoms with Crippen molar-refractivity contribution < 1.29 is 9.59 Å². The van der Waals surface area contributed by atoms with Gasteiger partial charge in [0.25, 0.3) is 0 Å². The zero-order valence-corrected chi connectivity index (χ0v) is 9.19. The lowest BCUT2D eigenvalue weighted by atomic mass is 9.90. The van der Waals surface area contributed by atoms with Crippen LogP contribution in [-0.4, -0.2) is 12.1 Å². The third kappa shape index (κ3) is 2.75. The minimum Gasteiger partial charge on any atom is -0.303 e. The fraction of sp³-hybridized carbons (Fsp3) is 0.385.